The molecule has 0 bridgehead atoms. The Morgan fingerprint density at radius 2 is 1.79 bits per heavy atom. The number of ether oxygens (including phenoxy) is 1. The van der Waals surface area contributed by atoms with Crippen molar-refractivity contribution in [3.63, 3.8) is 0 Å². The monoisotopic (exact) mass is 284 g/mol. The lowest BCUT2D eigenvalue weighted by Crippen LogP contribution is -2.40. The van der Waals surface area contributed by atoms with Crippen LogP contribution in [0.4, 0.5) is 22.0 Å². The van der Waals surface area contributed by atoms with Crippen LogP contribution in [0.1, 0.15) is 6.42 Å². The average molecular weight is 285 g/mol. The highest BCUT2D eigenvalue weighted by atomic mass is 79.9. The lowest BCUT2D eigenvalue weighted by Gasteiger charge is -2.20. The zero-order valence-corrected chi connectivity index (χ0v) is 8.45. The summed E-state index contributed by atoms with van der Waals surface area (Å²) in [4.78, 5) is 8.87. The number of carbonyl (C=O) groups is 1. The number of halogens is 6. The summed E-state index contributed by atoms with van der Waals surface area (Å²) >= 11 is 2.38. The van der Waals surface area contributed by atoms with Crippen LogP contribution in [0.25, 0.3) is 0 Å². The van der Waals surface area contributed by atoms with Crippen LogP contribution < -0.4 is 0 Å². The van der Waals surface area contributed by atoms with Crippen LogP contribution in [0.3, 0.4) is 0 Å². The average Bonchev–Trinajstić information content (AvgIpc) is 2.00. The number of alkyl halides is 6. The summed E-state index contributed by atoms with van der Waals surface area (Å²) in [6, 6.07) is 0. The molecule has 0 aromatic carbocycles. The molecule has 0 saturated heterocycles. The normalized spacial score (nSPS) is 15.1. The molecule has 0 aliphatic heterocycles. The molecule has 2 nitrogen and oxygen atoms in total. The molecule has 0 N–H and O–H groups in total. The van der Waals surface area contributed by atoms with Gasteiger partial charge in [-0.1, -0.05) is 15.9 Å². The third kappa shape index (κ3) is 3.39. The summed E-state index contributed by atoms with van der Waals surface area (Å²) in [5.41, 5.74) is 0. The van der Waals surface area contributed by atoms with E-state index in [0.717, 1.165) is 7.11 Å². The largest absolute Gasteiger partial charge is 0.468 e. The van der Waals surface area contributed by atoms with Gasteiger partial charge >= 0.3 is 18.1 Å². The molecule has 0 aliphatic rings. The van der Waals surface area contributed by atoms with Crippen LogP contribution in [0.5, 0.6) is 0 Å². The molecule has 1 atom stereocenters. The number of rotatable bonds is 3. The molecule has 0 heterocycles. The molecule has 0 radical (unpaired) electrons. The van der Waals surface area contributed by atoms with Crippen molar-refractivity contribution in [2.75, 3.05) is 7.11 Å². The second-order valence-corrected chi connectivity index (χ2v) is 3.50. The van der Waals surface area contributed by atoms with Crippen LogP contribution in [0.15, 0.2) is 0 Å². The minimum absolute atomic E-state index is 0.891. The lowest BCUT2D eigenvalue weighted by atomic mass is 10.2. The van der Waals surface area contributed by atoms with Crippen molar-refractivity contribution < 1.29 is 31.5 Å². The highest BCUT2D eigenvalue weighted by Crippen LogP contribution is 2.40. The number of hydrogen-bond acceptors (Lipinski definition) is 2. The maximum atomic E-state index is 12.3. The van der Waals surface area contributed by atoms with Gasteiger partial charge in [0.25, 0.3) is 0 Å². The fourth-order valence-corrected chi connectivity index (χ4v) is 1.15. The Hall–Kier alpha value is -0.400. The second-order valence-electron chi connectivity index (χ2n) is 2.40. The van der Waals surface area contributed by atoms with Crippen LogP contribution in [0.2, 0.25) is 0 Å². The maximum absolute atomic E-state index is 12.3. The van der Waals surface area contributed by atoms with Crippen molar-refractivity contribution in [1.82, 2.24) is 0 Å². The summed E-state index contributed by atoms with van der Waals surface area (Å²) in [5.74, 6) is -6.08. The predicted octanol–water partition coefficient (Wildman–Crippen LogP) is 2.51. The van der Waals surface area contributed by atoms with E-state index in [1.54, 1.807) is 0 Å². The van der Waals surface area contributed by atoms with Gasteiger partial charge in [-0.15, -0.1) is 0 Å². The maximum Gasteiger partial charge on any atom is 0.453 e. The van der Waals surface area contributed by atoms with E-state index in [1.807, 2.05) is 0 Å². The zero-order valence-electron chi connectivity index (χ0n) is 6.87. The topological polar surface area (TPSA) is 26.3 Å². The van der Waals surface area contributed by atoms with Gasteiger partial charge in [0.1, 0.15) is 4.83 Å². The van der Waals surface area contributed by atoms with E-state index in [0.29, 0.717) is 0 Å². The molecule has 0 spiro atoms. The van der Waals surface area contributed by atoms with Crippen molar-refractivity contribution in [2.24, 2.45) is 0 Å². The van der Waals surface area contributed by atoms with Gasteiger partial charge < -0.3 is 4.74 Å². The summed E-state index contributed by atoms with van der Waals surface area (Å²) in [7, 11) is 0.891. The number of esters is 1. The van der Waals surface area contributed by atoms with Gasteiger partial charge in [-0.3, -0.25) is 4.79 Å². The first-order valence-electron chi connectivity index (χ1n) is 3.28. The molecule has 0 aliphatic carbocycles. The molecule has 14 heavy (non-hydrogen) atoms. The van der Waals surface area contributed by atoms with E-state index in [2.05, 4.69) is 20.7 Å². The molecular formula is C6H6BrF5O2. The first-order valence-corrected chi connectivity index (χ1v) is 4.20. The molecule has 8 heteroatoms. The van der Waals surface area contributed by atoms with Gasteiger partial charge in [-0.2, -0.15) is 22.0 Å². The summed E-state index contributed by atoms with van der Waals surface area (Å²) in [5, 5.41) is 0. The van der Waals surface area contributed by atoms with Gasteiger partial charge in [0.15, 0.2) is 0 Å². The molecule has 0 aromatic heterocycles. The number of carbonyl (C=O) groups excluding carboxylic acids is 1. The van der Waals surface area contributed by atoms with Gasteiger partial charge in [-0.25, -0.2) is 0 Å². The van der Waals surface area contributed by atoms with Crippen molar-refractivity contribution in [3.8, 4) is 0 Å². The molecule has 0 rings (SSSR count). The molecule has 1 unspecified atom stereocenters. The van der Waals surface area contributed by atoms with Gasteiger partial charge in [-0.05, 0) is 0 Å². The molecule has 0 aromatic rings. The van der Waals surface area contributed by atoms with E-state index >= 15 is 0 Å². The van der Waals surface area contributed by atoms with Crippen molar-refractivity contribution >= 4 is 21.9 Å². The minimum Gasteiger partial charge on any atom is -0.468 e. The standard InChI is InChI=1S/C6H6BrF5O2/c1-14-4(13)3(7)2-5(8,9)6(10,11)12/h3H,2H2,1H3. The molecular weight excluding hydrogens is 279 g/mol. The van der Waals surface area contributed by atoms with Crippen LogP contribution >= 0.6 is 15.9 Å². The molecule has 0 fully saturated rings. The third-order valence-electron chi connectivity index (χ3n) is 1.31. The Balaban J connectivity index is 4.44. The van der Waals surface area contributed by atoms with Crippen LogP contribution in [0, 0.1) is 0 Å². The molecule has 0 amide bonds. The Morgan fingerprint density at radius 1 is 1.36 bits per heavy atom. The van der Waals surface area contributed by atoms with E-state index in [4.69, 9.17) is 0 Å². The smallest absolute Gasteiger partial charge is 0.453 e. The second kappa shape index (κ2) is 4.41. The van der Waals surface area contributed by atoms with E-state index < -0.39 is 29.3 Å². The Bertz CT molecular complexity index is 215. The van der Waals surface area contributed by atoms with Crippen molar-refractivity contribution in [2.45, 2.75) is 23.3 Å². The third-order valence-corrected chi connectivity index (χ3v) is 2.00. The fourth-order valence-electron chi connectivity index (χ4n) is 0.552. The molecule has 84 valence electrons. The highest BCUT2D eigenvalue weighted by molar-refractivity contribution is 9.10. The van der Waals surface area contributed by atoms with E-state index in [9.17, 15) is 26.7 Å². The summed E-state index contributed by atoms with van der Waals surface area (Å²) in [6.45, 7) is 0. The van der Waals surface area contributed by atoms with Crippen molar-refractivity contribution in [1.29, 1.82) is 0 Å². The summed E-state index contributed by atoms with van der Waals surface area (Å²) < 4.78 is 63.5. The molecule has 0 saturated carbocycles. The first-order chi connectivity index (χ1) is 6.12. The minimum atomic E-state index is -5.66. The van der Waals surface area contributed by atoms with Crippen LogP contribution in [-0.2, 0) is 9.53 Å². The first kappa shape index (κ1) is 13.6. The van der Waals surface area contributed by atoms with Crippen molar-refractivity contribution in [3.05, 3.63) is 0 Å². The lowest BCUT2D eigenvalue weighted by molar-refractivity contribution is -0.283. The quantitative estimate of drug-likeness (QED) is 0.452. The Kier molecular flexibility index (Phi) is 4.29. The Morgan fingerprint density at radius 3 is 2.07 bits per heavy atom. The highest BCUT2D eigenvalue weighted by Gasteiger charge is 2.58. The predicted molar refractivity (Wildman–Crippen MR) is 40.4 cm³/mol. The zero-order chi connectivity index (χ0) is 11.6. The van der Waals surface area contributed by atoms with Crippen LogP contribution in [-0.4, -0.2) is 30.0 Å². The van der Waals surface area contributed by atoms with Gasteiger partial charge in [0, 0.05) is 6.42 Å². The van der Waals surface area contributed by atoms with Gasteiger partial charge in [0.2, 0.25) is 0 Å². The number of methoxy groups -OCH3 is 1. The van der Waals surface area contributed by atoms with E-state index in [-0.39, 0.29) is 0 Å². The summed E-state index contributed by atoms with van der Waals surface area (Å²) in [6.07, 6.45) is -7.34. The number of hydrogen-bond donors (Lipinski definition) is 0. The van der Waals surface area contributed by atoms with E-state index in [1.165, 1.54) is 0 Å². The SMILES string of the molecule is COC(=O)C(Br)CC(F)(F)C(F)(F)F. The van der Waals surface area contributed by atoms with Gasteiger partial charge in [0.05, 0.1) is 7.11 Å². The fraction of sp³-hybridized carbons (Fsp3) is 0.833. The Labute approximate surface area is 84.5 Å².